The molecule has 2 amide bonds. The fourth-order valence-electron chi connectivity index (χ4n) is 3.04. The molecule has 0 atom stereocenters. The Hall–Kier alpha value is -3.19. The zero-order valence-electron chi connectivity index (χ0n) is 17.4. The lowest BCUT2D eigenvalue weighted by Crippen LogP contribution is -2.42. The molecule has 3 rings (SSSR count). The lowest BCUT2D eigenvalue weighted by molar-refractivity contribution is -0.121. The zero-order valence-corrected chi connectivity index (χ0v) is 18.3. The molecule has 0 saturated carbocycles. The van der Waals surface area contributed by atoms with Gasteiger partial charge in [-0.3, -0.25) is 20.4 Å². The van der Waals surface area contributed by atoms with Crippen LogP contribution < -0.4 is 15.8 Å². The largest absolute Gasteiger partial charge is 0.372 e. The maximum Gasteiger partial charge on any atom is 0.269 e. The van der Waals surface area contributed by atoms with Crippen LogP contribution in [0.25, 0.3) is 10.6 Å². The fourth-order valence-corrected chi connectivity index (χ4v) is 3.86. The number of aryl methyl sites for hydroxylation is 1. The van der Waals surface area contributed by atoms with E-state index in [-0.39, 0.29) is 18.2 Å². The number of nitrogens with zero attached hydrogens (tertiary/aromatic N) is 2. The predicted octanol–water partition coefficient (Wildman–Crippen LogP) is 3.97. The van der Waals surface area contributed by atoms with E-state index in [1.165, 1.54) is 16.9 Å². The lowest BCUT2D eigenvalue weighted by atomic mass is 10.2. The highest BCUT2D eigenvalue weighted by Gasteiger charge is 2.11. The minimum absolute atomic E-state index is 0.101. The lowest BCUT2D eigenvalue weighted by Gasteiger charge is -2.21. The number of anilines is 1. The summed E-state index contributed by atoms with van der Waals surface area (Å²) in [6, 6.07) is 15.4. The van der Waals surface area contributed by atoms with Gasteiger partial charge < -0.3 is 4.90 Å². The first-order valence-electron chi connectivity index (χ1n) is 9.95. The van der Waals surface area contributed by atoms with E-state index in [9.17, 15) is 9.59 Å². The molecule has 156 valence electrons. The average molecular weight is 423 g/mol. The van der Waals surface area contributed by atoms with Crippen LogP contribution in [-0.4, -0.2) is 29.9 Å². The van der Waals surface area contributed by atoms with Gasteiger partial charge in [0, 0.05) is 35.3 Å². The van der Waals surface area contributed by atoms with Crippen LogP contribution in [-0.2, 0) is 11.2 Å². The smallest absolute Gasteiger partial charge is 0.269 e. The van der Waals surface area contributed by atoms with E-state index in [1.54, 1.807) is 12.1 Å². The van der Waals surface area contributed by atoms with Crippen molar-refractivity contribution in [3.8, 4) is 10.6 Å². The second kappa shape index (κ2) is 10.0. The molecule has 2 aromatic carbocycles. The molecule has 7 heteroatoms. The van der Waals surface area contributed by atoms with E-state index in [4.69, 9.17) is 0 Å². The van der Waals surface area contributed by atoms with E-state index < -0.39 is 0 Å². The van der Waals surface area contributed by atoms with Gasteiger partial charge in [-0.2, -0.15) is 0 Å². The topological polar surface area (TPSA) is 74.3 Å². The van der Waals surface area contributed by atoms with Crippen molar-refractivity contribution in [1.29, 1.82) is 0 Å². The number of rotatable bonds is 7. The van der Waals surface area contributed by atoms with Crippen LogP contribution in [0.1, 0.15) is 35.5 Å². The third kappa shape index (κ3) is 5.45. The molecule has 0 aliphatic heterocycles. The van der Waals surface area contributed by atoms with Crippen LogP contribution in [0.5, 0.6) is 0 Å². The van der Waals surface area contributed by atoms with Crippen LogP contribution in [0.3, 0.4) is 0 Å². The third-order valence-electron chi connectivity index (χ3n) is 4.77. The Morgan fingerprint density at radius 2 is 1.63 bits per heavy atom. The van der Waals surface area contributed by atoms with Crippen molar-refractivity contribution < 1.29 is 9.59 Å². The Bertz CT molecular complexity index is 993. The molecule has 6 nitrogen and oxygen atoms in total. The highest BCUT2D eigenvalue weighted by molar-refractivity contribution is 7.13. The molecule has 0 unspecified atom stereocenters. The molecule has 0 aliphatic rings. The minimum Gasteiger partial charge on any atom is -0.372 e. The number of nitrogens with one attached hydrogen (secondary N) is 2. The molecule has 2 N–H and O–H groups in total. The zero-order chi connectivity index (χ0) is 21.5. The second-order valence-corrected chi connectivity index (χ2v) is 7.77. The van der Waals surface area contributed by atoms with Gasteiger partial charge in [0.25, 0.3) is 5.91 Å². The maximum absolute atomic E-state index is 12.3. The van der Waals surface area contributed by atoms with Gasteiger partial charge in [0.2, 0.25) is 5.91 Å². The molecular weight excluding hydrogens is 396 g/mol. The Labute approximate surface area is 180 Å². The Morgan fingerprint density at radius 1 is 0.967 bits per heavy atom. The normalized spacial score (nSPS) is 10.5. The standard InChI is InChI=1S/C23H26N4O2S/c1-4-27(5-2)20-12-10-17(11-13-20)22(29)26-25-21(28)14-19-15-30-23(24-19)18-8-6-16(3)7-9-18/h6-13,15H,4-5,14H2,1-3H3,(H,25,28)(H,26,29). The Morgan fingerprint density at radius 3 is 2.27 bits per heavy atom. The Balaban J connectivity index is 1.52. The van der Waals surface area contributed by atoms with E-state index >= 15 is 0 Å². The number of hydrogen-bond acceptors (Lipinski definition) is 5. The summed E-state index contributed by atoms with van der Waals surface area (Å²) in [5.41, 5.74) is 9.36. The van der Waals surface area contributed by atoms with E-state index in [2.05, 4.69) is 34.6 Å². The van der Waals surface area contributed by atoms with Gasteiger partial charge in [-0.05, 0) is 45.0 Å². The van der Waals surface area contributed by atoms with Crippen molar-refractivity contribution in [1.82, 2.24) is 15.8 Å². The Kier molecular flexibility index (Phi) is 7.19. The summed E-state index contributed by atoms with van der Waals surface area (Å²) < 4.78 is 0. The van der Waals surface area contributed by atoms with Crippen LogP contribution >= 0.6 is 11.3 Å². The van der Waals surface area contributed by atoms with Gasteiger partial charge in [0.05, 0.1) is 12.1 Å². The van der Waals surface area contributed by atoms with Gasteiger partial charge in [0.1, 0.15) is 5.01 Å². The SMILES string of the molecule is CCN(CC)c1ccc(C(=O)NNC(=O)Cc2csc(-c3ccc(C)cc3)n2)cc1. The number of aromatic nitrogens is 1. The van der Waals surface area contributed by atoms with Gasteiger partial charge in [-0.15, -0.1) is 11.3 Å². The van der Waals surface area contributed by atoms with Gasteiger partial charge in [-0.25, -0.2) is 4.98 Å². The molecule has 1 aromatic heterocycles. The average Bonchev–Trinajstić information content (AvgIpc) is 3.22. The molecule has 0 spiro atoms. The minimum atomic E-state index is -0.354. The van der Waals surface area contributed by atoms with Gasteiger partial charge in [-0.1, -0.05) is 29.8 Å². The van der Waals surface area contributed by atoms with Crippen molar-refractivity contribution in [3.05, 3.63) is 70.7 Å². The van der Waals surface area contributed by atoms with Crippen LogP contribution in [0.2, 0.25) is 0 Å². The summed E-state index contributed by atoms with van der Waals surface area (Å²) in [6.07, 6.45) is 0.101. The summed E-state index contributed by atoms with van der Waals surface area (Å²) in [5, 5.41) is 2.73. The molecular formula is C23H26N4O2S. The summed E-state index contributed by atoms with van der Waals surface area (Å²) >= 11 is 1.50. The molecule has 0 bridgehead atoms. The van der Waals surface area contributed by atoms with Crippen LogP contribution in [0, 0.1) is 6.92 Å². The number of benzene rings is 2. The van der Waals surface area contributed by atoms with Gasteiger partial charge in [0.15, 0.2) is 0 Å². The molecule has 0 fully saturated rings. The highest BCUT2D eigenvalue weighted by atomic mass is 32.1. The van der Waals surface area contributed by atoms with Crippen molar-refractivity contribution in [3.63, 3.8) is 0 Å². The number of carbonyl (C=O) groups excluding carboxylic acids is 2. The third-order valence-corrected chi connectivity index (χ3v) is 5.71. The van der Waals surface area contributed by atoms with E-state index in [1.807, 2.05) is 48.7 Å². The first-order valence-corrected chi connectivity index (χ1v) is 10.8. The number of thiazole rings is 1. The molecule has 0 radical (unpaired) electrons. The first-order chi connectivity index (χ1) is 14.5. The second-order valence-electron chi connectivity index (χ2n) is 6.91. The molecule has 1 heterocycles. The first kappa shape index (κ1) is 21.5. The molecule has 0 saturated heterocycles. The van der Waals surface area contributed by atoms with E-state index in [0.29, 0.717) is 11.3 Å². The predicted molar refractivity (Wildman–Crippen MR) is 122 cm³/mol. The number of hydrazine groups is 1. The van der Waals surface area contributed by atoms with Crippen molar-refractivity contribution in [2.24, 2.45) is 0 Å². The number of amides is 2. The van der Waals surface area contributed by atoms with Crippen LogP contribution in [0.4, 0.5) is 5.69 Å². The summed E-state index contributed by atoms with van der Waals surface area (Å²) in [7, 11) is 0. The quantitative estimate of drug-likeness (QED) is 0.565. The molecule has 0 aliphatic carbocycles. The summed E-state index contributed by atoms with van der Waals surface area (Å²) in [6.45, 7) is 8.02. The van der Waals surface area contributed by atoms with Gasteiger partial charge >= 0.3 is 0 Å². The fraction of sp³-hybridized carbons (Fsp3) is 0.261. The molecule has 3 aromatic rings. The van der Waals surface area contributed by atoms with E-state index in [0.717, 1.165) is 29.3 Å². The highest BCUT2D eigenvalue weighted by Crippen LogP contribution is 2.24. The maximum atomic E-state index is 12.3. The van der Waals surface area contributed by atoms with Crippen molar-refractivity contribution >= 4 is 28.8 Å². The monoisotopic (exact) mass is 422 g/mol. The molecule has 30 heavy (non-hydrogen) atoms. The van der Waals surface area contributed by atoms with Crippen molar-refractivity contribution in [2.75, 3.05) is 18.0 Å². The van der Waals surface area contributed by atoms with Crippen LogP contribution in [0.15, 0.2) is 53.9 Å². The number of hydrogen-bond donors (Lipinski definition) is 2. The number of carbonyl (C=O) groups is 2. The summed E-state index contributed by atoms with van der Waals surface area (Å²) in [5.74, 6) is -0.670. The summed E-state index contributed by atoms with van der Waals surface area (Å²) in [4.78, 5) is 31.2. The van der Waals surface area contributed by atoms with Crippen molar-refractivity contribution in [2.45, 2.75) is 27.2 Å².